The number of aliphatic imine (C=N–C) groups is 1. The van der Waals surface area contributed by atoms with Crippen molar-refractivity contribution in [2.24, 2.45) is 4.99 Å². The fourth-order valence-corrected chi connectivity index (χ4v) is 2.88. The number of nitrogens with one attached hydrogen (secondary N) is 3. The van der Waals surface area contributed by atoms with Crippen LogP contribution in [-0.2, 0) is 4.79 Å². The molecule has 1 heterocycles. The lowest BCUT2D eigenvalue weighted by molar-refractivity contribution is -0.122. The van der Waals surface area contributed by atoms with Crippen LogP contribution in [0.15, 0.2) is 4.99 Å². The summed E-state index contributed by atoms with van der Waals surface area (Å²) in [5.41, 5.74) is -0.601. The highest BCUT2D eigenvalue weighted by molar-refractivity contribution is 5.81. The summed E-state index contributed by atoms with van der Waals surface area (Å²) in [5, 5.41) is 19.8. The Kier molecular flexibility index (Phi) is 5.23. The molecule has 0 aromatic heterocycles. The normalized spacial score (nSPS) is 26.8. The Morgan fingerprint density at radius 2 is 2.20 bits per heavy atom. The second-order valence-corrected chi connectivity index (χ2v) is 5.89. The predicted molar refractivity (Wildman–Crippen MR) is 78.6 cm³/mol. The van der Waals surface area contributed by atoms with Crippen LogP contribution in [0, 0.1) is 0 Å². The topological polar surface area (TPSA) is 85.8 Å². The van der Waals surface area contributed by atoms with Gasteiger partial charge >= 0.3 is 0 Å². The molecule has 1 saturated heterocycles. The molecule has 0 aromatic rings. The molecule has 2 aliphatic rings. The minimum atomic E-state index is -0.601. The van der Waals surface area contributed by atoms with Crippen molar-refractivity contribution >= 4 is 11.9 Å². The van der Waals surface area contributed by atoms with Crippen LogP contribution in [0.25, 0.3) is 0 Å². The summed E-state index contributed by atoms with van der Waals surface area (Å²) < 4.78 is 0. The minimum Gasteiger partial charge on any atom is -0.388 e. The van der Waals surface area contributed by atoms with E-state index in [-0.39, 0.29) is 11.9 Å². The van der Waals surface area contributed by atoms with Crippen molar-refractivity contribution in [2.45, 2.75) is 56.6 Å². The molecule has 2 rings (SSSR count). The summed E-state index contributed by atoms with van der Waals surface area (Å²) >= 11 is 0. The number of rotatable bonds is 3. The van der Waals surface area contributed by atoms with E-state index in [0.717, 1.165) is 32.1 Å². The van der Waals surface area contributed by atoms with E-state index in [0.29, 0.717) is 25.5 Å². The van der Waals surface area contributed by atoms with Gasteiger partial charge < -0.3 is 21.1 Å². The number of hydrogen-bond donors (Lipinski definition) is 4. The molecule has 0 radical (unpaired) electrons. The van der Waals surface area contributed by atoms with Gasteiger partial charge in [0, 0.05) is 32.6 Å². The van der Waals surface area contributed by atoms with Gasteiger partial charge in [-0.25, -0.2) is 0 Å². The molecule has 114 valence electrons. The number of guanidine groups is 1. The molecule has 20 heavy (non-hydrogen) atoms. The van der Waals surface area contributed by atoms with Gasteiger partial charge in [-0.15, -0.1) is 0 Å². The molecule has 6 nitrogen and oxygen atoms in total. The third-order valence-corrected chi connectivity index (χ3v) is 4.20. The van der Waals surface area contributed by atoms with E-state index < -0.39 is 5.60 Å². The van der Waals surface area contributed by atoms with Gasteiger partial charge in [0.05, 0.1) is 5.60 Å². The van der Waals surface area contributed by atoms with Crippen LogP contribution in [0.3, 0.4) is 0 Å². The monoisotopic (exact) mass is 282 g/mol. The van der Waals surface area contributed by atoms with Crippen LogP contribution in [0.2, 0.25) is 0 Å². The highest BCUT2D eigenvalue weighted by Crippen LogP contribution is 2.27. The summed E-state index contributed by atoms with van der Waals surface area (Å²) in [4.78, 5) is 15.3. The molecule has 0 bridgehead atoms. The van der Waals surface area contributed by atoms with Gasteiger partial charge in [-0.1, -0.05) is 19.3 Å². The molecule has 4 N–H and O–H groups in total. The molecule has 1 aliphatic heterocycles. The quantitative estimate of drug-likeness (QED) is 0.438. The van der Waals surface area contributed by atoms with E-state index in [1.54, 1.807) is 7.05 Å². The fourth-order valence-electron chi connectivity index (χ4n) is 2.88. The zero-order chi connectivity index (χ0) is 14.4. The number of hydrogen-bond acceptors (Lipinski definition) is 3. The smallest absolute Gasteiger partial charge is 0.220 e. The Balaban J connectivity index is 1.76. The van der Waals surface area contributed by atoms with Gasteiger partial charge in [-0.2, -0.15) is 0 Å². The maximum atomic E-state index is 11.1. The van der Waals surface area contributed by atoms with Crippen LogP contribution in [0.1, 0.15) is 44.9 Å². The first-order valence-electron chi connectivity index (χ1n) is 7.58. The summed E-state index contributed by atoms with van der Waals surface area (Å²) in [6.07, 6.45) is 6.50. The van der Waals surface area contributed by atoms with E-state index in [4.69, 9.17) is 0 Å². The zero-order valence-corrected chi connectivity index (χ0v) is 12.2. The van der Waals surface area contributed by atoms with Gasteiger partial charge in [-0.05, 0) is 19.3 Å². The second-order valence-electron chi connectivity index (χ2n) is 5.89. The van der Waals surface area contributed by atoms with Gasteiger partial charge in [0.15, 0.2) is 5.96 Å². The van der Waals surface area contributed by atoms with Crippen LogP contribution in [0.4, 0.5) is 0 Å². The molecule has 0 spiro atoms. The Hall–Kier alpha value is -1.30. The maximum absolute atomic E-state index is 11.1. The molecule has 1 unspecified atom stereocenters. The highest BCUT2D eigenvalue weighted by atomic mass is 16.3. The van der Waals surface area contributed by atoms with Crippen molar-refractivity contribution in [1.82, 2.24) is 16.0 Å². The van der Waals surface area contributed by atoms with Crippen LogP contribution in [0.5, 0.6) is 0 Å². The first-order valence-corrected chi connectivity index (χ1v) is 7.58. The van der Waals surface area contributed by atoms with Crippen molar-refractivity contribution in [3.8, 4) is 0 Å². The summed E-state index contributed by atoms with van der Waals surface area (Å²) in [7, 11) is 1.72. The fraction of sp³-hybridized carbons (Fsp3) is 0.857. The first kappa shape index (κ1) is 15.1. The average Bonchev–Trinajstić information content (AvgIpc) is 2.46. The van der Waals surface area contributed by atoms with Crippen molar-refractivity contribution in [3.05, 3.63) is 0 Å². The Morgan fingerprint density at radius 3 is 2.80 bits per heavy atom. The zero-order valence-electron chi connectivity index (χ0n) is 12.2. The van der Waals surface area contributed by atoms with Crippen molar-refractivity contribution in [1.29, 1.82) is 0 Å². The van der Waals surface area contributed by atoms with Crippen LogP contribution in [-0.4, -0.2) is 48.8 Å². The van der Waals surface area contributed by atoms with E-state index in [9.17, 15) is 9.90 Å². The lowest BCUT2D eigenvalue weighted by Gasteiger charge is -2.33. The number of aliphatic hydroxyl groups is 1. The molecular formula is C14H26N4O2. The molecule has 0 aromatic carbocycles. The van der Waals surface area contributed by atoms with Gasteiger partial charge in [0.1, 0.15) is 0 Å². The molecule has 1 saturated carbocycles. The summed E-state index contributed by atoms with van der Waals surface area (Å²) in [6, 6.07) is 0.208. The maximum Gasteiger partial charge on any atom is 0.220 e. The number of amides is 1. The SMILES string of the molecule is CN=C(NCC1(O)CCCCC1)NC1CCC(=O)NC1. The Bertz CT molecular complexity index is 354. The Morgan fingerprint density at radius 1 is 1.45 bits per heavy atom. The van der Waals surface area contributed by atoms with Gasteiger partial charge in [0.2, 0.25) is 5.91 Å². The Labute approximate surface area is 120 Å². The van der Waals surface area contributed by atoms with Gasteiger partial charge in [0.25, 0.3) is 0 Å². The molecular weight excluding hydrogens is 256 g/mol. The second kappa shape index (κ2) is 6.92. The molecule has 1 atom stereocenters. The lowest BCUT2D eigenvalue weighted by atomic mass is 9.85. The molecule has 6 heteroatoms. The highest BCUT2D eigenvalue weighted by Gasteiger charge is 2.29. The number of carbonyl (C=O) groups excluding carboxylic acids is 1. The van der Waals surface area contributed by atoms with Crippen LogP contribution >= 0.6 is 0 Å². The largest absolute Gasteiger partial charge is 0.388 e. The van der Waals surface area contributed by atoms with Crippen molar-refractivity contribution in [3.63, 3.8) is 0 Å². The average molecular weight is 282 g/mol. The molecule has 1 amide bonds. The lowest BCUT2D eigenvalue weighted by Crippen LogP contribution is -2.54. The summed E-state index contributed by atoms with van der Waals surface area (Å²) in [5.74, 6) is 0.813. The van der Waals surface area contributed by atoms with Crippen molar-refractivity contribution < 1.29 is 9.90 Å². The van der Waals surface area contributed by atoms with Crippen molar-refractivity contribution in [2.75, 3.05) is 20.1 Å². The standard InChI is InChI=1S/C14H26N4O2/c1-15-13(18-11-5-6-12(19)16-9-11)17-10-14(20)7-3-2-4-8-14/h11,20H,2-10H2,1H3,(H,16,19)(H2,15,17,18). The number of carbonyl (C=O) groups is 1. The molecule has 2 fully saturated rings. The summed E-state index contributed by atoms with van der Waals surface area (Å²) in [6.45, 7) is 1.16. The predicted octanol–water partition coefficient (Wildman–Crippen LogP) is 0.125. The minimum absolute atomic E-state index is 0.113. The molecule has 1 aliphatic carbocycles. The van der Waals surface area contributed by atoms with E-state index in [1.807, 2.05) is 0 Å². The van der Waals surface area contributed by atoms with Crippen LogP contribution < -0.4 is 16.0 Å². The van der Waals surface area contributed by atoms with E-state index >= 15 is 0 Å². The number of nitrogens with zero attached hydrogens (tertiary/aromatic N) is 1. The third-order valence-electron chi connectivity index (χ3n) is 4.20. The van der Waals surface area contributed by atoms with E-state index in [2.05, 4.69) is 20.9 Å². The first-order chi connectivity index (χ1) is 9.61. The van der Waals surface area contributed by atoms with E-state index in [1.165, 1.54) is 6.42 Å². The third kappa shape index (κ3) is 4.37. The van der Waals surface area contributed by atoms with Gasteiger partial charge in [-0.3, -0.25) is 9.79 Å². The number of piperidine rings is 1.